The summed E-state index contributed by atoms with van der Waals surface area (Å²) in [5, 5.41) is 3.28. The molecule has 2 nitrogen and oxygen atoms in total. The van der Waals surface area contributed by atoms with Gasteiger partial charge in [-0.1, -0.05) is 33.8 Å². The molecule has 3 heteroatoms. The van der Waals surface area contributed by atoms with E-state index in [1.165, 1.54) is 6.07 Å². The quantitative estimate of drug-likeness (QED) is 0.834. The average molecular weight is 252 g/mol. The SMILES string of the molecule is CC(C)CN(C)c1cccc(F)c1CNC(C)C. The molecule has 0 aliphatic heterocycles. The number of nitrogens with zero attached hydrogens (tertiary/aromatic N) is 1. The first-order valence-electron chi connectivity index (χ1n) is 6.63. The van der Waals surface area contributed by atoms with Gasteiger partial charge in [0.1, 0.15) is 5.82 Å². The Morgan fingerprint density at radius 2 is 1.89 bits per heavy atom. The van der Waals surface area contributed by atoms with Gasteiger partial charge in [-0.05, 0) is 18.1 Å². The average Bonchev–Trinajstić information content (AvgIpc) is 2.25. The number of halogens is 1. The molecule has 0 spiro atoms. The fourth-order valence-electron chi connectivity index (χ4n) is 2.03. The summed E-state index contributed by atoms with van der Waals surface area (Å²) < 4.78 is 13.9. The van der Waals surface area contributed by atoms with Crippen LogP contribution in [0.25, 0.3) is 0 Å². The van der Waals surface area contributed by atoms with Crippen LogP contribution in [-0.2, 0) is 6.54 Å². The molecule has 0 amide bonds. The maximum Gasteiger partial charge on any atom is 0.129 e. The number of anilines is 1. The minimum atomic E-state index is -0.128. The van der Waals surface area contributed by atoms with E-state index in [1.54, 1.807) is 6.07 Å². The Balaban J connectivity index is 2.92. The van der Waals surface area contributed by atoms with Crippen LogP contribution in [0.1, 0.15) is 33.3 Å². The van der Waals surface area contributed by atoms with Crippen LogP contribution in [0.4, 0.5) is 10.1 Å². The number of rotatable bonds is 6. The van der Waals surface area contributed by atoms with E-state index >= 15 is 0 Å². The summed E-state index contributed by atoms with van der Waals surface area (Å²) in [6.07, 6.45) is 0. The van der Waals surface area contributed by atoms with E-state index in [4.69, 9.17) is 0 Å². The molecule has 0 unspecified atom stereocenters. The Hall–Kier alpha value is -1.09. The van der Waals surface area contributed by atoms with Crippen molar-refractivity contribution < 1.29 is 4.39 Å². The Labute approximate surface area is 110 Å². The fourth-order valence-corrected chi connectivity index (χ4v) is 2.03. The van der Waals surface area contributed by atoms with Gasteiger partial charge in [0.2, 0.25) is 0 Å². The van der Waals surface area contributed by atoms with Gasteiger partial charge in [-0.2, -0.15) is 0 Å². The third kappa shape index (κ3) is 4.30. The highest BCUT2D eigenvalue weighted by Gasteiger charge is 2.13. The van der Waals surface area contributed by atoms with Crippen LogP contribution in [-0.4, -0.2) is 19.6 Å². The molecule has 1 N–H and O–H groups in total. The Bertz CT molecular complexity index is 375. The first-order valence-corrected chi connectivity index (χ1v) is 6.63. The minimum Gasteiger partial charge on any atom is -0.374 e. The van der Waals surface area contributed by atoms with E-state index in [2.05, 4.69) is 37.9 Å². The molecule has 0 atom stereocenters. The number of hydrogen-bond donors (Lipinski definition) is 1. The highest BCUT2D eigenvalue weighted by molar-refractivity contribution is 5.53. The summed E-state index contributed by atoms with van der Waals surface area (Å²) in [6, 6.07) is 5.65. The molecule has 1 aromatic carbocycles. The summed E-state index contributed by atoms with van der Waals surface area (Å²) in [6.45, 7) is 9.97. The number of hydrogen-bond acceptors (Lipinski definition) is 2. The van der Waals surface area contributed by atoms with Gasteiger partial charge in [0.05, 0.1) is 0 Å². The van der Waals surface area contributed by atoms with Crippen molar-refractivity contribution in [1.29, 1.82) is 0 Å². The van der Waals surface area contributed by atoms with Crippen LogP contribution in [0, 0.1) is 11.7 Å². The van der Waals surface area contributed by atoms with E-state index in [0.717, 1.165) is 17.8 Å². The zero-order valence-electron chi connectivity index (χ0n) is 12.1. The van der Waals surface area contributed by atoms with Gasteiger partial charge in [-0.25, -0.2) is 4.39 Å². The lowest BCUT2D eigenvalue weighted by Crippen LogP contribution is -2.27. The lowest BCUT2D eigenvalue weighted by atomic mass is 10.1. The van der Waals surface area contributed by atoms with Crippen molar-refractivity contribution in [2.45, 2.75) is 40.3 Å². The molecule has 0 fully saturated rings. The minimum absolute atomic E-state index is 0.128. The predicted molar refractivity (Wildman–Crippen MR) is 76.5 cm³/mol. The molecule has 0 saturated heterocycles. The first-order chi connectivity index (χ1) is 8.41. The molecule has 1 aromatic rings. The molecule has 1 rings (SSSR count). The standard InChI is InChI=1S/C15H25FN2/c1-11(2)10-18(5)15-8-6-7-14(16)13(15)9-17-12(3)4/h6-8,11-12,17H,9-10H2,1-5H3. The maximum atomic E-state index is 13.9. The van der Waals surface area contributed by atoms with Crippen molar-refractivity contribution >= 4 is 5.69 Å². The predicted octanol–water partition coefficient (Wildman–Crippen LogP) is 3.42. The van der Waals surface area contributed by atoms with Crippen LogP contribution < -0.4 is 10.2 Å². The van der Waals surface area contributed by atoms with E-state index in [-0.39, 0.29) is 5.82 Å². The first kappa shape index (κ1) is 15.0. The van der Waals surface area contributed by atoms with Crippen LogP contribution in [0.2, 0.25) is 0 Å². The van der Waals surface area contributed by atoms with Crippen molar-refractivity contribution in [3.63, 3.8) is 0 Å². The zero-order chi connectivity index (χ0) is 13.7. The topological polar surface area (TPSA) is 15.3 Å². The third-order valence-electron chi connectivity index (χ3n) is 2.83. The second kappa shape index (κ2) is 6.74. The molecule has 0 aliphatic rings. The van der Waals surface area contributed by atoms with Crippen LogP contribution in [0.3, 0.4) is 0 Å². The van der Waals surface area contributed by atoms with Crippen LogP contribution >= 0.6 is 0 Å². The van der Waals surface area contributed by atoms with Gasteiger partial charge >= 0.3 is 0 Å². The van der Waals surface area contributed by atoms with Crippen LogP contribution in [0.15, 0.2) is 18.2 Å². The molecule has 0 heterocycles. The maximum absolute atomic E-state index is 13.9. The Morgan fingerprint density at radius 1 is 1.22 bits per heavy atom. The van der Waals surface area contributed by atoms with E-state index in [9.17, 15) is 4.39 Å². The normalized spacial score (nSPS) is 11.3. The van der Waals surface area contributed by atoms with Gasteiger partial charge in [-0.3, -0.25) is 0 Å². The molecule has 102 valence electrons. The van der Waals surface area contributed by atoms with Crippen molar-refractivity contribution in [2.24, 2.45) is 5.92 Å². The zero-order valence-corrected chi connectivity index (χ0v) is 12.1. The van der Waals surface area contributed by atoms with E-state index in [0.29, 0.717) is 18.5 Å². The van der Waals surface area contributed by atoms with Gasteiger partial charge < -0.3 is 10.2 Å². The van der Waals surface area contributed by atoms with E-state index in [1.807, 2.05) is 13.1 Å². The number of nitrogens with one attached hydrogen (secondary N) is 1. The summed E-state index contributed by atoms with van der Waals surface area (Å²) in [7, 11) is 2.02. The Kier molecular flexibility index (Phi) is 5.60. The third-order valence-corrected chi connectivity index (χ3v) is 2.83. The molecule has 0 radical (unpaired) electrons. The second-order valence-corrected chi connectivity index (χ2v) is 5.55. The molecule has 0 saturated carbocycles. The smallest absolute Gasteiger partial charge is 0.129 e. The molecule has 0 bridgehead atoms. The summed E-state index contributed by atoms with van der Waals surface area (Å²) >= 11 is 0. The van der Waals surface area contributed by atoms with Gasteiger partial charge in [0.25, 0.3) is 0 Å². The molecule has 0 aromatic heterocycles. The van der Waals surface area contributed by atoms with Crippen LogP contribution in [0.5, 0.6) is 0 Å². The number of benzene rings is 1. The molecular weight excluding hydrogens is 227 g/mol. The summed E-state index contributed by atoms with van der Waals surface area (Å²) in [5.74, 6) is 0.431. The second-order valence-electron chi connectivity index (χ2n) is 5.55. The van der Waals surface area contributed by atoms with E-state index < -0.39 is 0 Å². The summed E-state index contributed by atoms with van der Waals surface area (Å²) in [5.41, 5.74) is 1.74. The Morgan fingerprint density at radius 3 is 2.44 bits per heavy atom. The highest BCUT2D eigenvalue weighted by atomic mass is 19.1. The summed E-state index contributed by atoms with van der Waals surface area (Å²) in [4.78, 5) is 2.13. The molecule has 0 aliphatic carbocycles. The van der Waals surface area contributed by atoms with Gasteiger partial charge in [-0.15, -0.1) is 0 Å². The van der Waals surface area contributed by atoms with Gasteiger partial charge in [0, 0.05) is 37.4 Å². The van der Waals surface area contributed by atoms with Gasteiger partial charge in [0.15, 0.2) is 0 Å². The van der Waals surface area contributed by atoms with Crippen molar-refractivity contribution in [1.82, 2.24) is 5.32 Å². The van der Waals surface area contributed by atoms with Crippen molar-refractivity contribution in [3.05, 3.63) is 29.6 Å². The largest absolute Gasteiger partial charge is 0.374 e. The van der Waals surface area contributed by atoms with Crippen molar-refractivity contribution in [2.75, 3.05) is 18.5 Å². The van der Waals surface area contributed by atoms with Crippen molar-refractivity contribution in [3.8, 4) is 0 Å². The lowest BCUT2D eigenvalue weighted by molar-refractivity contribution is 0.550. The highest BCUT2D eigenvalue weighted by Crippen LogP contribution is 2.23. The lowest BCUT2D eigenvalue weighted by Gasteiger charge is -2.25. The molecular formula is C15H25FN2. The molecule has 18 heavy (non-hydrogen) atoms. The monoisotopic (exact) mass is 252 g/mol. The fraction of sp³-hybridized carbons (Fsp3) is 0.600.